The Morgan fingerprint density at radius 3 is 2.83 bits per heavy atom. The van der Waals surface area contributed by atoms with Gasteiger partial charge in [0.25, 0.3) is 5.91 Å². The van der Waals surface area contributed by atoms with Crippen LogP contribution in [0.25, 0.3) is 0 Å². The molecule has 5 nitrogen and oxygen atoms in total. The highest BCUT2D eigenvalue weighted by Crippen LogP contribution is 2.08. The van der Waals surface area contributed by atoms with Gasteiger partial charge in [-0.2, -0.15) is 0 Å². The Kier molecular flexibility index (Phi) is 2.44. The monoisotopic (exact) mass is 186 g/mol. The van der Waals surface area contributed by atoms with Gasteiger partial charge in [0.05, 0.1) is 0 Å². The van der Waals surface area contributed by atoms with Crippen LogP contribution in [0.1, 0.15) is 10.5 Å². The van der Waals surface area contributed by atoms with Crippen LogP contribution in [0.2, 0.25) is 5.28 Å². The molecule has 64 valence electrons. The number of amides is 1. The molecule has 0 aliphatic heterocycles. The van der Waals surface area contributed by atoms with E-state index < -0.39 is 5.91 Å². The lowest BCUT2D eigenvalue weighted by molar-refractivity contribution is 0.0995. The first-order valence-corrected chi connectivity index (χ1v) is 3.53. The van der Waals surface area contributed by atoms with Gasteiger partial charge in [-0.15, -0.1) is 0 Å². The van der Waals surface area contributed by atoms with E-state index in [-0.39, 0.29) is 11.0 Å². The third kappa shape index (κ3) is 1.82. The van der Waals surface area contributed by atoms with E-state index in [4.69, 9.17) is 17.3 Å². The van der Waals surface area contributed by atoms with E-state index in [2.05, 4.69) is 15.3 Å². The zero-order valence-electron chi connectivity index (χ0n) is 6.34. The molecule has 1 rings (SSSR count). The molecule has 1 aromatic rings. The molecule has 0 unspecified atom stereocenters. The smallest absolute Gasteiger partial charge is 0.267 e. The van der Waals surface area contributed by atoms with Gasteiger partial charge in [-0.1, -0.05) is 0 Å². The van der Waals surface area contributed by atoms with Crippen molar-refractivity contribution in [2.24, 2.45) is 5.73 Å². The number of nitrogens with one attached hydrogen (secondary N) is 1. The molecular weight excluding hydrogens is 180 g/mol. The summed E-state index contributed by atoms with van der Waals surface area (Å²) in [7, 11) is 1.66. The van der Waals surface area contributed by atoms with Crippen LogP contribution in [0.3, 0.4) is 0 Å². The second-order valence-electron chi connectivity index (χ2n) is 2.02. The number of primary amides is 1. The van der Waals surface area contributed by atoms with Crippen LogP contribution in [-0.4, -0.2) is 22.9 Å². The van der Waals surface area contributed by atoms with Gasteiger partial charge in [0.2, 0.25) is 5.28 Å². The molecule has 0 fully saturated rings. The second-order valence-corrected chi connectivity index (χ2v) is 2.36. The topological polar surface area (TPSA) is 80.9 Å². The molecule has 0 saturated carbocycles. The lowest BCUT2D eigenvalue weighted by Gasteiger charge is -2.00. The summed E-state index contributed by atoms with van der Waals surface area (Å²) in [6.45, 7) is 0. The highest BCUT2D eigenvalue weighted by atomic mass is 35.5. The minimum absolute atomic E-state index is 0.00403. The SMILES string of the molecule is CNc1cc(C(N)=O)nc(Cl)n1. The number of hydrogen-bond donors (Lipinski definition) is 2. The van der Waals surface area contributed by atoms with Crippen molar-refractivity contribution >= 4 is 23.3 Å². The maximum atomic E-state index is 10.7. The number of anilines is 1. The summed E-state index contributed by atoms with van der Waals surface area (Å²) in [4.78, 5) is 18.1. The van der Waals surface area contributed by atoms with Crippen molar-refractivity contribution in [1.82, 2.24) is 9.97 Å². The van der Waals surface area contributed by atoms with Gasteiger partial charge in [0.1, 0.15) is 11.5 Å². The molecule has 0 spiro atoms. The average Bonchev–Trinajstić information content (AvgIpc) is 2.03. The van der Waals surface area contributed by atoms with Gasteiger partial charge in [0.15, 0.2) is 0 Å². The van der Waals surface area contributed by atoms with E-state index in [1.54, 1.807) is 7.05 Å². The first-order valence-electron chi connectivity index (χ1n) is 3.15. The van der Waals surface area contributed by atoms with Crippen molar-refractivity contribution < 1.29 is 4.79 Å². The predicted octanol–water partition coefficient (Wildman–Crippen LogP) is 0.271. The Morgan fingerprint density at radius 1 is 1.67 bits per heavy atom. The van der Waals surface area contributed by atoms with E-state index in [1.165, 1.54) is 6.07 Å². The minimum Gasteiger partial charge on any atom is -0.373 e. The quantitative estimate of drug-likeness (QED) is 0.650. The molecule has 12 heavy (non-hydrogen) atoms. The standard InChI is InChI=1S/C6H7ClN4O/c1-9-4-2-3(5(8)12)10-6(7)11-4/h2H,1H3,(H2,8,12)(H,9,10,11). The molecule has 1 aromatic heterocycles. The van der Waals surface area contributed by atoms with Crippen LogP contribution in [-0.2, 0) is 0 Å². The van der Waals surface area contributed by atoms with E-state index in [0.29, 0.717) is 5.82 Å². The third-order valence-corrected chi connectivity index (χ3v) is 1.38. The summed E-state index contributed by atoms with van der Waals surface area (Å²) in [6.07, 6.45) is 0. The molecule has 0 aromatic carbocycles. The van der Waals surface area contributed by atoms with Crippen LogP contribution in [0.15, 0.2) is 6.07 Å². The zero-order chi connectivity index (χ0) is 9.14. The molecule has 0 bridgehead atoms. The summed E-state index contributed by atoms with van der Waals surface area (Å²) < 4.78 is 0. The Labute approximate surface area is 74.0 Å². The van der Waals surface area contributed by atoms with Gasteiger partial charge >= 0.3 is 0 Å². The molecule has 3 N–H and O–H groups in total. The molecular formula is C6H7ClN4O. The molecule has 0 radical (unpaired) electrons. The third-order valence-electron chi connectivity index (χ3n) is 1.21. The second kappa shape index (κ2) is 3.36. The van der Waals surface area contributed by atoms with Gasteiger partial charge in [-0.25, -0.2) is 9.97 Å². The van der Waals surface area contributed by atoms with Crippen molar-refractivity contribution in [3.05, 3.63) is 17.0 Å². The van der Waals surface area contributed by atoms with E-state index in [1.807, 2.05) is 0 Å². The van der Waals surface area contributed by atoms with Gasteiger partial charge in [-0.05, 0) is 11.6 Å². The van der Waals surface area contributed by atoms with Crippen LogP contribution >= 0.6 is 11.6 Å². The fourth-order valence-corrected chi connectivity index (χ4v) is 0.854. The molecule has 0 aliphatic rings. The predicted molar refractivity (Wildman–Crippen MR) is 45.1 cm³/mol. The highest BCUT2D eigenvalue weighted by molar-refractivity contribution is 6.28. The van der Waals surface area contributed by atoms with Crippen molar-refractivity contribution in [3.63, 3.8) is 0 Å². The van der Waals surface area contributed by atoms with E-state index in [0.717, 1.165) is 0 Å². The van der Waals surface area contributed by atoms with Crippen LogP contribution in [0.5, 0.6) is 0 Å². The average molecular weight is 187 g/mol. The summed E-state index contributed by atoms with van der Waals surface area (Å²) in [5.74, 6) is -0.167. The summed E-state index contributed by atoms with van der Waals surface area (Å²) >= 11 is 5.50. The van der Waals surface area contributed by atoms with Crippen molar-refractivity contribution in [2.45, 2.75) is 0 Å². The fraction of sp³-hybridized carbons (Fsp3) is 0.167. The van der Waals surface area contributed by atoms with Crippen LogP contribution < -0.4 is 11.1 Å². The largest absolute Gasteiger partial charge is 0.373 e. The van der Waals surface area contributed by atoms with E-state index >= 15 is 0 Å². The van der Waals surface area contributed by atoms with Crippen molar-refractivity contribution in [1.29, 1.82) is 0 Å². The number of aromatic nitrogens is 2. The molecule has 0 saturated heterocycles. The first kappa shape index (κ1) is 8.73. The van der Waals surface area contributed by atoms with Crippen LogP contribution in [0.4, 0.5) is 5.82 Å². The lowest BCUT2D eigenvalue weighted by atomic mass is 10.4. The van der Waals surface area contributed by atoms with Gasteiger partial charge in [-0.3, -0.25) is 4.79 Å². The van der Waals surface area contributed by atoms with Crippen molar-refractivity contribution in [2.75, 3.05) is 12.4 Å². The molecule has 0 aliphatic carbocycles. The number of nitrogens with two attached hydrogens (primary N) is 1. The molecule has 6 heteroatoms. The lowest BCUT2D eigenvalue weighted by Crippen LogP contribution is -2.14. The molecule has 1 amide bonds. The van der Waals surface area contributed by atoms with Gasteiger partial charge < -0.3 is 11.1 Å². The van der Waals surface area contributed by atoms with Crippen molar-refractivity contribution in [3.8, 4) is 0 Å². The number of carbonyl (C=O) groups excluding carboxylic acids is 1. The normalized spacial score (nSPS) is 9.50. The number of rotatable bonds is 2. The number of hydrogen-bond acceptors (Lipinski definition) is 4. The summed E-state index contributed by atoms with van der Waals surface area (Å²) in [5, 5.41) is 2.72. The number of halogens is 1. The maximum absolute atomic E-state index is 10.7. The summed E-state index contributed by atoms with van der Waals surface area (Å²) in [6, 6.07) is 1.42. The number of carbonyl (C=O) groups is 1. The molecule has 0 atom stereocenters. The highest BCUT2D eigenvalue weighted by Gasteiger charge is 2.05. The van der Waals surface area contributed by atoms with Crippen LogP contribution in [0, 0.1) is 0 Å². The Hall–Kier alpha value is -1.36. The first-order chi connectivity index (χ1) is 5.63. The fourth-order valence-electron chi connectivity index (χ4n) is 0.672. The number of nitrogens with zero attached hydrogens (tertiary/aromatic N) is 2. The molecule has 1 heterocycles. The maximum Gasteiger partial charge on any atom is 0.267 e. The Bertz CT molecular complexity index is 314. The Balaban J connectivity index is 3.15. The van der Waals surface area contributed by atoms with Gasteiger partial charge in [0, 0.05) is 13.1 Å². The Morgan fingerprint density at radius 2 is 2.33 bits per heavy atom. The minimum atomic E-state index is -0.629. The zero-order valence-corrected chi connectivity index (χ0v) is 7.09. The van der Waals surface area contributed by atoms with E-state index in [9.17, 15) is 4.79 Å². The summed E-state index contributed by atoms with van der Waals surface area (Å²) in [5.41, 5.74) is 5.09.